The Balaban J connectivity index is 1.62. The first-order valence-corrected chi connectivity index (χ1v) is 7.67. The highest BCUT2D eigenvalue weighted by molar-refractivity contribution is 5.55. The van der Waals surface area contributed by atoms with Gasteiger partial charge in [0.25, 0.3) is 0 Å². The minimum absolute atomic E-state index is 0.421. The fourth-order valence-electron chi connectivity index (χ4n) is 2.06. The quantitative estimate of drug-likeness (QED) is 0.691. The SMILES string of the molecule is CCOc1ccc(Nc2nncc(NCc3ccccn3)n2)cc1. The molecular formula is C17H18N6O. The number of rotatable bonds is 7. The summed E-state index contributed by atoms with van der Waals surface area (Å²) < 4.78 is 5.42. The standard InChI is InChI=1S/C17H18N6O/c1-2-24-15-8-6-13(7-9-15)21-17-22-16(12-20-23-17)19-11-14-5-3-4-10-18-14/h3-10,12H,2,11H2,1H3,(H2,19,21,22,23). The molecule has 0 saturated carbocycles. The highest BCUT2D eigenvalue weighted by Crippen LogP contribution is 2.18. The molecule has 2 heterocycles. The molecule has 0 atom stereocenters. The molecule has 1 aromatic carbocycles. The second-order valence-electron chi connectivity index (χ2n) is 4.92. The molecule has 0 fully saturated rings. The molecule has 0 saturated heterocycles. The number of hydrogen-bond acceptors (Lipinski definition) is 7. The fourth-order valence-corrected chi connectivity index (χ4v) is 2.06. The predicted molar refractivity (Wildman–Crippen MR) is 92.3 cm³/mol. The van der Waals surface area contributed by atoms with Crippen LogP contribution in [-0.4, -0.2) is 26.8 Å². The molecule has 7 nitrogen and oxygen atoms in total. The first kappa shape index (κ1) is 15.7. The third kappa shape index (κ3) is 4.39. The van der Waals surface area contributed by atoms with Crippen LogP contribution in [0.1, 0.15) is 12.6 Å². The van der Waals surface area contributed by atoms with Gasteiger partial charge in [-0.15, -0.1) is 5.10 Å². The van der Waals surface area contributed by atoms with E-state index in [1.54, 1.807) is 12.4 Å². The molecule has 7 heteroatoms. The van der Waals surface area contributed by atoms with Gasteiger partial charge in [-0.25, -0.2) is 0 Å². The minimum Gasteiger partial charge on any atom is -0.494 e. The Bertz CT molecular complexity index is 764. The van der Waals surface area contributed by atoms with E-state index in [0.717, 1.165) is 17.1 Å². The molecule has 2 aromatic heterocycles. The van der Waals surface area contributed by atoms with Crippen LogP contribution < -0.4 is 15.4 Å². The number of ether oxygens (including phenoxy) is 1. The molecule has 0 aliphatic rings. The van der Waals surface area contributed by atoms with Gasteiger partial charge in [0, 0.05) is 11.9 Å². The molecule has 0 spiro atoms. The van der Waals surface area contributed by atoms with Gasteiger partial charge in [-0.05, 0) is 43.3 Å². The molecule has 0 aliphatic heterocycles. The number of benzene rings is 1. The lowest BCUT2D eigenvalue weighted by Crippen LogP contribution is -2.06. The number of nitrogens with one attached hydrogen (secondary N) is 2. The molecular weight excluding hydrogens is 304 g/mol. The van der Waals surface area contributed by atoms with Crippen molar-refractivity contribution in [3.05, 3.63) is 60.6 Å². The van der Waals surface area contributed by atoms with Crippen molar-refractivity contribution in [1.29, 1.82) is 0 Å². The number of aromatic nitrogens is 4. The Kier molecular flexibility index (Phi) is 5.14. The third-order valence-electron chi connectivity index (χ3n) is 3.16. The van der Waals surface area contributed by atoms with Crippen LogP contribution in [0.2, 0.25) is 0 Å². The Labute approximate surface area is 140 Å². The van der Waals surface area contributed by atoms with Gasteiger partial charge in [-0.2, -0.15) is 10.1 Å². The van der Waals surface area contributed by atoms with E-state index in [-0.39, 0.29) is 0 Å². The average molecular weight is 322 g/mol. The van der Waals surface area contributed by atoms with Crippen LogP contribution in [0.4, 0.5) is 17.5 Å². The molecule has 3 rings (SSSR count). The summed E-state index contributed by atoms with van der Waals surface area (Å²) >= 11 is 0. The summed E-state index contributed by atoms with van der Waals surface area (Å²) in [5.41, 5.74) is 1.79. The summed E-state index contributed by atoms with van der Waals surface area (Å²) in [5.74, 6) is 1.88. The van der Waals surface area contributed by atoms with Crippen LogP contribution in [0, 0.1) is 0 Å². The monoisotopic (exact) mass is 322 g/mol. The van der Waals surface area contributed by atoms with Crippen molar-refractivity contribution in [1.82, 2.24) is 20.2 Å². The maximum absolute atomic E-state index is 5.42. The van der Waals surface area contributed by atoms with Crippen LogP contribution in [0.15, 0.2) is 54.9 Å². The van der Waals surface area contributed by atoms with Gasteiger partial charge in [-0.1, -0.05) is 6.07 Å². The van der Waals surface area contributed by atoms with Crippen molar-refractivity contribution in [2.24, 2.45) is 0 Å². The van der Waals surface area contributed by atoms with Gasteiger partial charge in [0.1, 0.15) is 5.75 Å². The first-order chi connectivity index (χ1) is 11.8. The molecule has 0 unspecified atom stereocenters. The molecule has 122 valence electrons. The Morgan fingerprint density at radius 3 is 2.71 bits per heavy atom. The molecule has 0 bridgehead atoms. The van der Waals surface area contributed by atoms with Crippen molar-refractivity contribution in [3.8, 4) is 5.75 Å². The summed E-state index contributed by atoms with van der Waals surface area (Å²) in [6, 6.07) is 13.4. The van der Waals surface area contributed by atoms with E-state index < -0.39 is 0 Å². The predicted octanol–water partition coefficient (Wildman–Crippen LogP) is 3.02. The Morgan fingerprint density at radius 1 is 1.08 bits per heavy atom. The molecule has 0 aliphatic carbocycles. The van der Waals surface area contributed by atoms with Gasteiger partial charge >= 0.3 is 0 Å². The van der Waals surface area contributed by atoms with E-state index in [2.05, 4.69) is 30.8 Å². The van der Waals surface area contributed by atoms with E-state index in [0.29, 0.717) is 24.9 Å². The zero-order valence-corrected chi connectivity index (χ0v) is 13.3. The molecule has 2 N–H and O–H groups in total. The first-order valence-electron chi connectivity index (χ1n) is 7.67. The van der Waals surface area contributed by atoms with Crippen molar-refractivity contribution in [2.75, 3.05) is 17.2 Å². The summed E-state index contributed by atoms with van der Waals surface area (Å²) in [5, 5.41) is 14.2. The molecule has 0 amide bonds. The second kappa shape index (κ2) is 7.87. The summed E-state index contributed by atoms with van der Waals surface area (Å²) in [6.07, 6.45) is 3.33. The topological polar surface area (TPSA) is 84.9 Å². The summed E-state index contributed by atoms with van der Waals surface area (Å²) in [7, 11) is 0. The Morgan fingerprint density at radius 2 is 1.96 bits per heavy atom. The maximum Gasteiger partial charge on any atom is 0.249 e. The van der Waals surface area contributed by atoms with E-state index in [9.17, 15) is 0 Å². The van der Waals surface area contributed by atoms with Gasteiger partial charge < -0.3 is 15.4 Å². The summed E-state index contributed by atoms with van der Waals surface area (Å²) in [4.78, 5) is 8.64. The van der Waals surface area contributed by atoms with E-state index in [4.69, 9.17) is 4.74 Å². The van der Waals surface area contributed by atoms with Crippen LogP contribution in [-0.2, 0) is 6.54 Å². The Hall–Kier alpha value is -3.22. The van der Waals surface area contributed by atoms with Crippen molar-refractivity contribution >= 4 is 17.5 Å². The van der Waals surface area contributed by atoms with Gasteiger partial charge in [0.2, 0.25) is 5.95 Å². The van der Waals surface area contributed by atoms with E-state index in [1.165, 1.54) is 0 Å². The lowest BCUT2D eigenvalue weighted by atomic mass is 10.3. The lowest BCUT2D eigenvalue weighted by Gasteiger charge is -2.08. The highest BCUT2D eigenvalue weighted by atomic mass is 16.5. The zero-order valence-electron chi connectivity index (χ0n) is 13.3. The van der Waals surface area contributed by atoms with Crippen LogP contribution in [0.25, 0.3) is 0 Å². The maximum atomic E-state index is 5.42. The number of anilines is 3. The van der Waals surface area contributed by atoms with Gasteiger partial charge in [-0.3, -0.25) is 4.98 Å². The molecule has 0 radical (unpaired) electrons. The van der Waals surface area contributed by atoms with E-state index in [1.807, 2.05) is 49.4 Å². The average Bonchev–Trinajstić information content (AvgIpc) is 2.63. The smallest absolute Gasteiger partial charge is 0.249 e. The highest BCUT2D eigenvalue weighted by Gasteiger charge is 2.02. The minimum atomic E-state index is 0.421. The van der Waals surface area contributed by atoms with Crippen molar-refractivity contribution in [2.45, 2.75) is 13.5 Å². The van der Waals surface area contributed by atoms with Crippen molar-refractivity contribution in [3.63, 3.8) is 0 Å². The fraction of sp³-hybridized carbons (Fsp3) is 0.176. The molecule has 3 aromatic rings. The van der Waals surface area contributed by atoms with E-state index >= 15 is 0 Å². The van der Waals surface area contributed by atoms with Crippen LogP contribution >= 0.6 is 0 Å². The van der Waals surface area contributed by atoms with Gasteiger partial charge in [0.05, 0.1) is 25.0 Å². The zero-order chi connectivity index (χ0) is 16.6. The normalized spacial score (nSPS) is 10.2. The summed E-state index contributed by atoms with van der Waals surface area (Å²) in [6.45, 7) is 3.17. The largest absolute Gasteiger partial charge is 0.494 e. The van der Waals surface area contributed by atoms with Crippen molar-refractivity contribution < 1.29 is 4.74 Å². The number of pyridine rings is 1. The van der Waals surface area contributed by atoms with Gasteiger partial charge in [0.15, 0.2) is 5.82 Å². The number of nitrogens with zero attached hydrogens (tertiary/aromatic N) is 4. The van der Waals surface area contributed by atoms with Crippen LogP contribution in [0.3, 0.4) is 0 Å². The lowest BCUT2D eigenvalue weighted by molar-refractivity contribution is 0.340. The number of hydrogen-bond donors (Lipinski definition) is 2. The second-order valence-corrected chi connectivity index (χ2v) is 4.92. The molecule has 24 heavy (non-hydrogen) atoms. The third-order valence-corrected chi connectivity index (χ3v) is 3.16. The van der Waals surface area contributed by atoms with Crippen LogP contribution in [0.5, 0.6) is 5.75 Å².